The number of nitrogens with zero attached hydrogens (tertiary/aromatic N) is 12. The topological polar surface area (TPSA) is 297 Å². The van der Waals surface area contributed by atoms with Gasteiger partial charge >= 0.3 is 18.3 Å². The van der Waals surface area contributed by atoms with Crippen molar-refractivity contribution in [3.8, 4) is 0 Å². The van der Waals surface area contributed by atoms with Gasteiger partial charge in [0.2, 0.25) is 23.6 Å². The minimum absolute atomic E-state index is 0.0227. The van der Waals surface area contributed by atoms with Crippen LogP contribution in [0.5, 0.6) is 0 Å². The van der Waals surface area contributed by atoms with E-state index in [1.165, 1.54) is 34.6 Å². The summed E-state index contributed by atoms with van der Waals surface area (Å²) in [5.74, 6) is 1.59. The molecule has 1 N–H and O–H groups in total. The number of furan rings is 3. The van der Waals surface area contributed by atoms with Gasteiger partial charge in [0.15, 0.2) is 17.8 Å². The van der Waals surface area contributed by atoms with E-state index >= 15 is 0 Å². The number of anilines is 6. The molecular formula is C75H91Cl3N12O15. The van der Waals surface area contributed by atoms with Crippen molar-refractivity contribution in [2.24, 2.45) is 0 Å². The highest BCUT2D eigenvalue weighted by atomic mass is 35.5. The molecule has 3 fully saturated rings. The second kappa shape index (κ2) is 40.9. The standard InChI is InChI=1S/C25H31ClN4O5.C25H29ClN4O5.C16H20ClNO3.C9H11N3O2/c2*1-3-5-6-9-30(25(32)34-4-2)21-19-14-18(26)7-8-20(19)35-23(21)22(31)17-15-27-24(28-16-17)29-10-12-33-13-11-29;1-3-5-6-9-18(16(19)20-4-2)14-11-21-15-8-7-12(17)10-13(14)15;13-7-8-5-10-9(11-6-8)12-1-3-14-4-2-12/h7-8,14-16,22,31H,3-6,9-13H2,1-2H3;7-8,14-16H,3-6,9-13H2,1-2H3;7-8,10-11H,3-6,9H2,1-2H3;5-7H,1-4H2. The molecule has 0 aliphatic carbocycles. The number of aldehydes is 1. The van der Waals surface area contributed by atoms with Gasteiger partial charge in [0.05, 0.1) is 82.0 Å². The van der Waals surface area contributed by atoms with E-state index in [4.69, 9.17) is 76.5 Å². The monoisotopic (exact) mass is 1500 g/mol. The van der Waals surface area contributed by atoms with Crippen molar-refractivity contribution in [1.82, 2.24) is 29.9 Å². The lowest BCUT2D eigenvalue weighted by atomic mass is 10.1. The van der Waals surface area contributed by atoms with E-state index in [0.29, 0.717) is 181 Å². The summed E-state index contributed by atoms with van der Waals surface area (Å²) < 4.78 is 49.4. The number of fused-ring (bicyclic) bond motifs is 3. The first-order valence-corrected chi connectivity index (χ1v) is 36.8. The number of halogens is 3. The van der Waals surface area contributed by atoms with Crippen LogP contribution in [0.4, 0.5) is 49.3 Å². The summed E-state index contributed by atoms with van der Waals surface area (Å²) >= 11 is 18.6. The fourth-order valence-corrected chi connectivity index (χ4v) is 12.2. The van der Waals surface area contributed by atoms with Gasteiger partial charge in [-0.2, -0.15) is 0 Å². The number of carbonyl (C=O) groups excluding carboxylic acids is 5. The number of hydrogen-bond acceptors (Lipinski definition) is 24. The second-order valence-corrected chi connectivity index (χ2v) is 25.7. The van der Waals surface area contributed by atoms with Crippen LogP contribution in [0.15, 0.2) is 111 Å². The van der Waals surface area contributed by atoms with Gasteiger partial charge < -0.3 is 61.5 Å². The number of aliphatic hydroxyl groups excluding tert-OH is 1. The van der Waals surface area contributed by atoms with Crippen molar-refractivity contribution in [2.45, 2.75) is 105 Å². The van der Waals surface area contributed by atoms with Crippen LogP contribution in [-0.4, -0.2) is 184 Å². The molecule has 6 aromatic heterocycles. The Labute approximate surface area is 624 Å². The lowest BCUT2D eigenvalue weighted by Crippen LogP contribution is -2.37. The predicted molar refractivity (Wildman–Crippen MR) is 403 cm³/mol. The third-order valence-electron chi connectivity index (χ3n) is 17.0. The van der Waals surface area contributed by atoms with Gasteiger partial charge in [-0.1, -0.05) is 94.1 Å². The highest BCUT2D eigenvalue weighted by Gasteiger charge is 2.33. The second-order valence-electron chi connectivity index (χ2n) is 24.4. The van der Waals surface area contributed by atoms with E-state index in [1.807, 2.05) is 20.8 Å². The average molecular weight is 1510 g/mol. The van der Waals surface area contributed by atoms with Crippen LogP contribution in [0.25, 0.3) is 32.9 Å². The maximum atomic E-state index is 13.6. The summed E-state index contributed by atoms with van der Waals surface area (Å²) in [5.41, 5.74) is 4.37. The summed E-state index contributed by atoms with van der Waals surface area (Å²) in [6.45, 7) is 22.1. The first-order chi connectivity index (χ1) is 51.1. The summed E-state index contributed by atoms with van der Waals surface area (Å²) in [6, 6.07) is 15.6. The van der Waals surface area contributed by atoms with E-state index < -0.39 is 24.1 Å². The summed E-state index contributed by atoms with van der Waals surface area (Å²) in [7, 11) is 0. The first kappa shape index (κ1) is 79.9. The van der Waals surface area contributed by atoms with Crippen LogP contribution in [-0.2, 0) is 28.4 Å². The molecule has 3 aliphatic heterocycles. The molecule has 0 spiro atoms. The van der Waals surface area contributed by atoms with Gasteiger partial charge in [-0.25, -0.2) is 44.3 Å². The number of morpholine rings is 3. The number of aliphatic hydroxyl groups is 1. The van der Waals surface area contributed by atoms with E-state index in [0.717, 1.165) is 82.5 Å². The van der Waals surface area contributed by atoms with Crippen LogP contribution >= 0.6 is 34.8 Å². The van der Waals surface area contributed by atoms with E-state index in [-0.39, 0.29) is 36.4 Å². The number of unbranched alkanes of at least 4 members (excludes halogenated alkanes) is 6. The fraction of sp³-hybridized carbons (Fsp3) is 0.453. The van der Waals surface area contributed by atoms with E-state index in [1.54, 1.807) is 92.9 Å². The molecule has 30 heteroatoms. The molecular weight excluding hydrogens is 1420 g/mol. The largest absolute Gasteiger partial charge is 0.462 e. The Balaban J connectivity index is 0.000000171. The summed E-state index contributed by atoms with van der Waals surface area (Å²) in [6.07, 6.45) is 17.4. The molecule has 27 nitrogen and oxygen atoms in total. The Morgan fingerprint density at radius 3 is 1.34 bits per heavy atom. The van der Waals surface area contributed by atoms with Crippen LogP contribution < -0.4 is 29.4 Å². The zero-order valence-corrected chi connectivity index (χ0v) is 62.4. The van der Waals surface area contributed by atoms with E-state index in [2.05, 4.69) is 50.7 Å². The van der Waals surface area contributed by atoms with Gasteiger partial charge in [0.25, 0.3) is 0 Å². The van der Waals surface area contributed by atoms with Crippen molar-refractivity contribution in [3.05, 3.63) is 141 Å². The predicted octanol–water partition coefficient (Wildman–Crippen LogP) is 15.4. The molecule has 105 heavy (non-hydrogen) atoms. The Bertz CT molecular complexity index is 4240. The van der Waals surface area contributed by atoms with Crippen LogP contribution in [0.1, 0.15) is 143 Å². The lowest BCUT2D eigenvalue weighted by molar-refractivity contribution is 0.101. The minimum Gasteiger partial charge on any atom is -0.462 e. The summed E-state index contributed by atoms with van der Waals surface area (Å²) in [5, 5.41) is 15.0. The smallest absolute Gasteiger partial charge is 0.414 e. The Kier molecular flexibility index (Phi) is 31.1. The molecule has 3 aromatic carbocycles. The molecule has 9 aromatic rings. The third kappa shape index (κ3) is 21.5. The van der Waals surface area contributed by atoms with Gasteiger partial charge in [0, 0.05) is 133 Å². The van der Waals surface area contributed by atoms with Crippen molar-refractivity contribution in [3.63, 3.8) is 0 Å². The zero-order chi connectivity index (χ0) is 74.6. The lowest BCUT2D eigenvalue weighted by Gasteiger charge is -2.26. The highest BCUT2D eigenvalue weighted by Crippen LogP contribution is 2.42. The van der Waals surface area contributed by atoms with Crippen LogP contribution in [0, 0.1) is 0 Å². The fourth-order valence-electron chi connectivity index (χ4n) is 11.6. The maximum absolute atomic E-state index is 13.6. The van der Waals surface area contributed by atoms with Crippen LogP contribution in [0.3, 0.4) is 0 Å². The maximum Gasteiger partial charge on any atom is 0.414 e. The molecule has 12 rings (SSSR count). The number of amides is 3. The number of ether oxygens (including phenoxy) is 6. The van der Waals surface area contributed by atoms with Crippen molar-refractivity contribution in [2.75, 3.05) is 148 Å². The van der Waals surface area contributed by atoms with Crippen molar-refractivity contribution in [1.29, 1.82) is 0 Å². The quantitative estimate of drug-likeness (QED) is 0.0228. The average Bonchev–Trinajstić information content (AvgIpc) is 1.63. The van der Waals surface area contributed by atoms with Crippen molar-refractivity contribution < 1.29 is 70.8 Å². The van der Waals surface area contributed by atoms with Gasteiger partial charge in [-0.3, -0.25) is 24.3 Å². The number of ketones is 1. The SMILES string of the molecule is CCCCCN(C(=O)OCC)c1c(C(=O)c2cnc(N3CCOCC3)nc2)oc2ccc(Cl)cc12.CCCCCN(C(=O)OCC)c1c(C(O)c2cnc(N3CCOCC3)nc2)oc2ccc(Cl)cc12.CCCCCN(C(=O)OCC)c1coc2ccc(Cl)cc12.O=Cc1cnc(N2CCOCC2)nc1. The third-order valence-corrected chi connectivity index (χ3v) is 17.8. The molecule has 1 atom stereocenters. The number of carbonyl (C=O) groups is 5. The zero-order valence-electron chi connectivity index (χ0n) is 60.1. The molecule has 562 valence electrons. The molecule has 0 saturated carbocycles. The molecule has 3 aliphatic rings. The Hall–Kier alpha value is -9.22. The highest BCUT2D eigenvalue weighted by molar-refractivity contribution is 6.32. The normalized spacial score (nSPS) is 13.9. The minimum atomic E-state index is -1.20. The summed E-state index contributed by atoms with van der Waals surface area (Å²) in [4.78, 5) is 98.7. The Morgan fingerprint density at radius 1 is 0.505 bits per heavy atom. The van der Waals surface area contributed by atoms with Crippen LogP contribution in [0.2, 0.25) is 15.1 Å². The number of aromatic nitrogens is 6. The number of rotatable bonds is 26. The number of benzene rings is 3. The van der Waals surface area contributed by atoms with Gasteiger partial charge in [-0.15, -0.1) is 0 Å². The van der Waals surface area contributed by atoms with Crippen molar-refractivity contribution >= 4 is 133 Å². The molecule has 3 amide bonds. The molecule has 1 unspecified atom stereocenters. The first-order valence-electron chi connectivity index (χ1n) is 35.7. The molecule has 9 heterocycles. The number of hydrogen-bond donors (Lipinski definition) is 1. The molecule has 0 radical (unpaired) electrons. The molecule has 3 saturated heterocycles. The van der Waals surface area contributed by atoms with Gasteiger partial charge in [-0.05, 0) is 94.6 Å². The molecule has 0 bridgehead atoms. The van der Waals surface area contributed by atoms with E-state index in [9.17, 15) is 29.1 Å². The Morgan fingerprint density at radius 2 is 0.895 bits per heavy atom. The van der Waals surface area contributed by atoms with Gasteiger partial charge in [0.1, 0.15) is 34.8 Å².